The van der Waals surface area contributed by atoms with E-state index in [-0.39, 0.29) is 18.3 Å². The van der Waals surface area contributed by atoms with Gasteiger partial charge in [-0.1, -0.05) is 26.2 Å². The molecule has 1 saturated heterocycles. The number of carbonyl (C=O) groups is 1. The van der Waals surface area contributed by atoms with Crippen LogP contribution in [0.15, 0.2) is 0 Å². The van der Waals surface area contributed by atoms with Gasteiger partial charge in [0.25, 0.3) is 5.91 Å². The molecule has 0 aromatic rings. The van der Waals surface area contributed by atoms with E-state index in [9.17, 15) is 9.90 Å². The van der Waals surface area contributed by atoms with Crippen LogP contribution in [0.25, 0.3) is 0 Å². The van der Waals surface area contributed by atoms with Crippen LogP contribution in [0.1, 0.15) is 39.0 Å². The highest BCUT2D eigenvalue weighted by molar-refractivity contribution is 5.85. The fourth-order valence-electron chi connectivity index (χ4n) is 1.67. The van der Waals surface area contributed by atoms with Gasteiger partial charge in [0.05, 0.1) is 0 Å². The highest BCUT2D eigenvalue weighted by atomic mass is 35.5. The average Bonchev–Trinajstić information content (AvgIpc) is 2.43. The Hall–Kier alpha value is -0.280. The highest BCUT2D eigenvalue weighted by Crippen LogP contribution is 2.12. The predicted octanol–water partition coefficient (Wildman–Crippen LogP) is 1.58. The van der Waals surface area contributed by atoms with Crippen molar-refractivity contribution in [2.24, 2.45) is 0 Å². The van der Waals surface area contributed by atoms with Gasteiger partial charge in [-0.3, -0.25) is 4.79 Å². The van der Waals surface area contributed by atoms with Crippen molar-refractivity contribution in [2.45, 2.75) is 45.1 Å². The first-order valence-corrected chi connectivity index (χ1v) is 5.22. The molecule has 1 N–H and O–H groups in total. The monoisotopic (exact) mass is 221 g/mol. The first-order valence-electron chi connectivity index (χ1n) is 5.22. The zero-order valence-corrected chi connectivity index (χ0v) is 9.55. The molecule has 0 bridgehead atoms. The quantitative estimate of drug-likeness (QED) is 0.717. The molecule has 84 valence electrons. The molecule has 1 rings (SSSR count). The Balaban J connectivity index is 0.00000169. The predicted molar refractivity (Wildman–Crippen MR) is 58.6 cm³/mol. The van der Waals surface area contributed by atoms with Crippen LogP contribution in [-0.2, 0) is 4.79 Å². The summed E-state index contributed by atoms with van der Waals surface area (Å²) in [6.45, 7) is 3.74. The van der Waals surface area contributed by atoms with Gasteiger partial charge in [-0.05, 0) is 12.8 Å². The lowest BCUT2D eigenvalue weighted by molar-refractivity contribution is -0.134. The molecule has 0 radical (unpaired) electrons. The Kier molecular flexibility index (Phi) is 6.93. The van der Waals surface area contributed by atoms with Crippen LogP contribution in [-0.4, -0.2) is 35.1 Å². The van der Waals surface area contributed by atoms with Crippen LogP contribution in [0.4, 0.5) is 0 Å². The molecular formula is C10H20ClNO2. The second kappa shape index (κ2) is 7.07. The molecule has 4 heteroatoms. The Morgan fingerprint density at radius 3 is 2.64 bits per heavy atom. The minimum atomic E-state index is -0.717. The third-order valence-corrected chi connectivity index (χ3v) is 2.55. The topological polar surface area (TPSA) is 40.5 Å². The largest absolute Gasteiger partial charge is 0.383 e. The number of hydrogen-bond donors (Lipinski definition) is 1. The Bertz CT molecular complexity index is 176. The number of rotatable bonds is 5. The van der Waals surface area contributed by atoms with Gasteiger partial charge in [0.2, 0.25) is 0 Å². The molecule has 0 aliphatic carbocycles. The lowest BCUT2D eigenvalue weighted by Gasteiger charge is -2.14. The van der Waals surface area contributed by atoms with E-state index in [1.165, 1.54) is 19.3 Å². The van der Waals surface area contributed by atoms with Gasteiger partial charge in [0, 0.05) is 13.1 Å². The van der Waals surface area contributed by atoms with Crippen molar-refractivity contribution >= 4 is 18.3 Å². The second-order valence-corrected chi connectivity index (χ2v) is 3.69. The van der Waals surface area contributed by atoms with Crippen LogP contribution in [0.5, 0.6) is 0 Å². The van der Waals surface area contributed by atoms with Crippen LogP contribution >= 0.6 is 12.4 Å². The number of amides is 1. The van der Waals surface area contributed by atoms with Crippen molar-refractivity contribution in [1.82, 2.24) is 4.90 Å². The maximum absolute atomic E-state index is 11.2. The van der Waals surface area contributed by atoms with E-state index < -0.39 is 6.10 Å². The van der Waals surface area contributed by atoms with Crippen LogP contribution in [0, 0.1) is 0 Å². The van der Waals surface area contributed by atoms with Gasteiger partial charge >= 0.3 is 0 Å². The number of halogens is 1. The summed E-state index contributed by atoms with van der Waals surface area (Å²) in [4.78, 5) is 13.0. The first kappa shape index (κ1) is 13.7. The third-order valence-electron chi connectivity index (χ3n) is 2.55. The molecule has 1 amide bonds. The number of aliphatic hydroxyl groups excluding tert-OH is 1. The normalized spacial score (nSPS) is 21.1. The molecular weight excluding hydrogens is 202 g/mol. The number of aliphatic hydroxyl groups is 1. The Morgan fingerprint density at radius 2 is 2.14 bits per heavy atom. The first-order chi connectivity index (χ1) is 6.25. The molecule has 0 saturated carbocycles. The van der Waals surface area contributed by atoms with Crippen LogP contribution in [0.3, 0.4) is 0 Å². The van der Waals surface area contributed by atoms with E-state index in [0.29, 0.717) is 6.42 Å². The zero-order chi connectivity index (χ0) is 9.68. The Morgan fingerprint density at radius 1 is 1.43 bits per heavy atom. The van der Waals surface area contributed by atoms with Crippen LogP contribution in [0.2, 0.25) is 0 Å². The number of unbranched alkanes of at least 4 members (excludes halogenated alkanes) is 3. The number of hydrogen-bond acceptors (Lipinski definition) is 2. The SMILES string of the molecule is CCCCCCN1CCC(O)C1=O.Cl. The maximum Gasteiger partial charge on any atom is 0.251 e. The maximum atomic E-state index is 11.2. The molecule has 1 aliphatic heterocycles. The molecule has 1 heterocycles. The molecule has 3 nitrogen and oxygen atoms in total. The van der Waals surface area contributed by atoms with E-state index in [4.69, 9.17) is 0 Å². The van der Waals surface area contributed by atoms with Gasteiger partial charge < -0.3 is 10.0 Å². The molecule has 1 fully saturated rings. The van der Waals surface area contributed by atoms with E-state index in [1.54, 1.807) is 4.90 Å². The molecule has 0 aromatic carbocycles. The number of likely N-dealkylation sites (tertiary alicyclic amines) is 1. The summed E-state index contributed by atoms with van der Waals surface area (Å²) < 4.78 is 0. The van der Waals surface area contributed by atoms with Crippen molar-refractivity contribution in [3.63, 3.8) is 0 Å². The Labute approximate surface area is 91.9 Å². The summed E-state index contributed by atoms with van der Waals surface area (Å²) in [7, 11) is 0. The van der Waals surface area contributed by atoms with Gasteiger partial charge in [-0.15, -0.1) is 12.4 Å². The molecule has 1 aliphatic rings. The van der Waals surface area contributed by atoms with Gasteiger partial charge in [-0.25, -0.2) is 0 Å². The molecule has 0 aromatic heterocycles. The zero-order valence-electron chi connectivity index (χ0n) is 8.74. The average molecular weight is 222 g/mol. The number of carbonyl (C=O) groups excluding carboxylic acids is 1. The summed E-state index contributed by atoms with van der Waals surface area (Å²) in [6, 6.07) is 0. The lowest BCUT2D eigenvalue weighted by atomic mass is 10.2. The summed E-state index contributed by atoms with van der Waals surface area (Å²) in [5.41, 5.74) is 0. The minimum Gasteiger partial charge on any atom is -0.383 e. The summed E-state index contributed by atoms with van der Waals surface area (Å²) in [6.07, 6.45) is 4.63. The minimum absolute atomic E-state index is 0. The fraction of sp³-hybridized carbons (Fsp3) is 0.900. The van der Waals surface area contributed by atoms with E-state index in [2.05, 4.69) is 6.92 Å². The summed E-state index contributed by atoms with van der Waals surface area (Å²) in [5, 5.41) is 9.18. The van der Waals surface area contributed by atoms with E-state index in [1.807, 2.05) is 0 Å². The number of nitrogens with zero attached hydrogens (tertiary/aromatic N) is 1. The van der Waals surface area contributed by atoms with Crippen molar-refractivity contribution in [1.29, 1.82) is 0 Å². The molecule has 0 spiro atoms. The van der Waals surface area contributed by atoms with E-state index >= 15 is 0 Å². The fourth-order valence-corrected chi connectivity index (χ4v) is 1.67. The summed E-state index contributed by atoms with van der Waals surface area (Å²) >= 11 is 0. The van der Waals surface area contributed by atoms with Crippen molar-refractivity contribution in [3.8, 4) is 0 Å². The molecule has 1 atom stereocenters. The molecule has 14 heavy (non-hydrogen) atoms. The van der Waals surface area contributed by atoms with E-state index in [0.717, 1.165) is 19.5 Å². The van der Waals surface area contributed by atoms with Crippen molar-refractivity contribution in [3.05, 3.63) is 0 Å². The van der Waals surface area contributed by atoms with Gasteiger partial charge in [-0.2, -0.15) is 0 Å². The standard InChI is InChI=1S/C10H19NO2.ClH/c1-2-3-4-5-7-11-8-6-9(12)10(11)13;/h9,12H,2-8H2,1H3;1H. The highest BCUT2D eigenvalue weighted by Gasteiger charge is 2.28. The third kappa shape index (κ3) is 3.84. The van der Waals surface area contributed by atoms with Gasteiger partial charge in [0.15, 0.2) is 0 Å². The van der Waals surface area contributed by atoms with Gasteiger partial charge in [0.1, 0.15) is 6.10 Å². The molecule has 1 unspecified atom stereocenters. The summed E-state index contributed by atoms with van der Waals surface area (Å²) in [5.74, 6) is -0.0727. The lowest BCUT2D eigenvalue weighted by Crippen LogP contribution is -2.30. The second-order valence-electron chi connectivity index (χ2n) is 3.69. The smallest absolute Gasteiger partial charge is 0.251 e. The van der Waals surface area contributed by atoms with Crippen LogP contribution < -0.4 is 0 Å². The van der Waals surface area contributed by atoms with Crippen molar-refractivity contribution in [2.75, 3.05) is 13.1 Å². The van der Waals surface area contributed by atoms with Crippen molar-refractivity contribution < 1.29 is 9.90 Å².